The lowest BCUT2D eigenvalue weighted by molar-refractivity contribution is -0.137. The molecule has 1 aliphatic rings. The minimum atomic E-state index is -4.36. The van der Waals surface area contributed by atoms with Gasteiger partial charge in [-0.2, -0.15) is 22.8 Å². The first-order valence-corrected chi connectivity index (χ1v) is 9.59. The van der Waals surface area contributed by atoms with E-state index in [-0.39, 0.29) is 11.8 Å². The summed E-state index contributed by atoms with van der Waals surface area (Å²) in [6.45, 7) is 4.40. The molecule has 1 aliphatic heterocycles. The number of fused-ring (bicyclic) bond motifs is 1. The largest absolute Gasteiger partial charge is 0.416 e. The SMILES string of the molecule is Cc1cc(N2CCCCC2=O)n2nc(C(C)c3ccc(C(F)(F)F)cc3)cc2n1. The highest BCUT2D eigenvalue weighted by Gasteiger charge is 2.30. The van der Waals surface area contributed by atoms with Crippen LogP contribution < -0.4 is 4.90 Å². The van der Waals surface area contributed by atoms with Gasteiger partial charge < -0.3 is 0 Å². The first-order chi connectivity index (χ1) is 13.7. The van der Waals surface area contributed by atoms with E-state index in [0.29, 0.717) is 30.1 Å². The molecule has 0 radical (unpaired) electrons. The van der Waals surface area contributed by atoms with Crippen LogP contribution in [0.25, 0.3) is 5.65 Å². The van der Waals surface area contributed by atoms with Gasteiger partial charge in [-0.05, 0) is 37.5 Å². The fraction of sp³-hybridized carbons (Fsp3) is 0.381. The van der Waals surface area contributed by atoms with Gasteiger partial charge in [0.25, 0.3) is 0 Å². The van der Waals surface area contributed by atoms with E-state index in [1.165, 1.54) is 12.1 Å². The quantitative estimate of drug-likeness (QED) is 0.637. The van der Waals surface area contributed by atoms with Crippen LogP contribution in [0.1, 0.15) is 54.6 Å². The minimum absolute atomic E-state index is 0.0657. The minimum Gasteiger partial charge on any atom is -0.297 e. The number of hydrogen-bond acceptors (Lipinski definition) is 3. The molecule has 1 unspecified atom stereocenters. The number of aromatic nitrogens is 3. The first kappa shape index (κ1) is 19.4. The van der Waals surface area contributed by atoms with E-state index in [1.807, 2.05) is 26.0 Å². The van der Waals surface area contributed by atoms with Gasteiger partial charge in [-0.25, -0.2) is 4.98 Å². The molecule has 1 amide bonds. The van der Waals surface area contributed by atoms with Crippen LogP contribution in [-0.2, 0) is 11.0 Å². The molecular weight excluding hydrogens is 381 g/mol. The summed E-state index contributed by atoms with van der Waals surface area (Å²) >= 11 is 0. The number of benzene rings is 1. The number of alkyl halides is 3. The van der Waals surface area contributed by atoms with Crippen molar-refractivity contribution < 1.29 is 18.0 Å². The van der Waals surface area contributed by atoms with E-state index in [9.17, 15) is 18.0 Å². The average Bonchev–Trinajstić information content (AvgIpc) is 3.10. The van der Waals surface area contributed by atoms with Gasteiger partial charge in [0.15, 0.2) is 5.65 Å². The Hall–Kier alpha value is -2.90. The number of hydrogen-bond donors (Lipinski definition) is 0. The molecule has 0 N–H and O–H groups in total. The molecule has 8 heteroatoms. The van der Waals surface area contributed by atoms with E-state index < -0.39 is 11.7 Å². The van der Waals surface area contributed by atoms with Crippen LogP contribution in [0.5, 0.6) is 0 Å². The molecule has 1 aromatic carbocycles. The maximum absolute atomic E-state index is 12.8. The Bertz CT molecular complexity index is 1060. The van der Waals surface area contributed by atoms with E-state index in [4.69, 9.17) is 0 Å². The van der Waals surface area contributed by atoms with Crippen molar-refractivity contribution >= 4 is 17.4 Å². The summed E-state index contributed by atoms with van der Waals surface area (Å²) in [5, 5.41) is 4.65. The van der Waals surface area contributed by atoms with Crippen molar-refractivity contribution in [1.82, 2.24) is 14.6 Å². The number of amides is 1. The number of piperidine rings is 1. The van der Waals surface area contributed by atoms with Crippen LogP contribution in [0.4, 0.5) is 19.0 Å². The zero-order valence-electron chi connectivity index (χ0n) is 16.2. The van der Waals surface area contributed by atoms with Crippen LogP contribution in [0.2, 0.25) is 0 Å². The van der Waals surface area contributed by atoms with Gasteiger partial charge in [-0.1, -0.05) is 19.1 Å². The molecule has 0 aliphatic carbocycles. The third-order valence-electron chi connectivity index (χ3n) is 5.34. The highest BCUT2D eigenvalue weighted by Crippen LogP contribution is 2.32. The third kappa shape index (κ3) is 3.71. The lowest BCUT2D eigenvalue weighted by atomic mass is 9.97. The van der Waals surface area contributed by atoms with Gasteiger partial charge in [0, 0.05) is 36.7 Å². The Kier molecular flexibility index (Phi) is 4.80. The molecule has 2 aromatic heterocycles. The number of aryl methyl sites for hydroxylation is 1. The van der Waals surface area contributed by atoms with Crippen molar-refractivity contribution in [2.75, 3.05) is 11.4 Å². The number of halogens is 3. The van der Waals surface area contributed by atoms with Crippen molar-refractivity contribution in [2.24, 2.45) is 0 Å². The van der Waals surface area contributed by atoms with Crippen molar-refractivity contribution in [3.05, 3.63) is 58.9 Å². The second-order valence-corrected chi connectivity index (χ2v) is 7.44. The van der Waals surface area contributed by atoms with Gasteiger partial charge in [0.2, 0.25) is 5.91 Å². The van der Waals surface area contributed by atoms with Gasteiger partial charge in [-0.15, -0.1) is 0 Å². The summed E-state index contributed by atoms with van der Waals surface area (Å²) in [7, 11) is 0. The standard InChI is InChI=1S/C21H21F3N4O/c1-13-11-19(27-10-4-3-5-20(27)29)28-18(25-13)12-17(26-28)14(2)15-6-8-16(9-7-15)21(22,23)24/h6-9,11-12,14H,3-5,10H2,1-2H3. The van der Waals surface area contributed by atoms with Crippen molar-refractivity contribution in [2.45, 2.75) is 45.2 Å². The van der Waals surface area contributed by atoms with Crippen molar-refractivity contribution in [3.8, 4) is 0 Å². The second kappa shape index (κ2) is 7.17. The van der Waals surface area contributed by atoms with Crippen LogP contribution in [0, 0.1) is 6.92 Å². The Morgan fingerprint density at radius 3 is 2.48 bits per heavy atom. The highest BCUT2D eigenvalue weighted by molar-refractivity contribution is 5.93. The van der Waals surface area contributed by atoms with E-state index in [1.54, 1.807) is 9.42 Å². The highest BCUT2D eigenvalue weighted by atomic mass is 19.4. The third-order valence-corrected chi connectivity index (χ3v) is 5.34. The summed E-state index contributed by atoms with van der Waals surface area (Å²) in [4.78, 5) is 18.7. The van der Waals surface area contributed by atoms with Crippen LogP contribution in [0.3, 0.4) is 0 Å². The summed E-state index contributed by atoms with van der Waals surface area (Å²) in [6.07, 6.45) is -2.02. The topological polar surface area (TPSA) is 50.5 Å². The molecule has 0 spiro atoms. The molecule has 1 saturated heterocycles. The molecular formula is C21H21F3N4O. The van der Waals surface area contributed by atoms with Crippen molar-refractivity contribution in [1.29, 1.82) is 0 Å². The Labute approximate surface area is 166 Å². The molecule has 1 fully saturated rings. The summed E-state index contributed by atoms with van der Waals surface area (Å²) < 4.78 is 40.1. The number of carbonyl (C=O) groups is 1. The monoisotopic (exact) mass is 402 g/mol. The first-order valence-electron chi connectivity index (χ1n) is 9.59. The molecule has 3 aromatic rings. The summed E-state index contributed by atoms with van der Waals surface area (Å²) in [6, 6.07) is 8.79. The van der Waals surface area contributed by atoms with Crippen LogP contribution in [-0.4, -0.2) is 27.0 Å². The fourth-order valence-electron chi connectivity index (χ4n) is 3.68. The van der Waals surface area contributed by atoms with E-state index >= 15 is 0 Å². The maximum Gasteiger partial charge on any atom is 0.416 e. The molecule has 0 bridgehead atoms. The lowest BCUT2D eigenvalue weighted by Crippen LogP contribution is -2.36. The van der Waals surface area contributed by atoms with Crippen molar-refractivity contribution in [3.63, 3.8) is 0 Å². The second-order valence-electron chi connectivity index (χ2n) is 7.44. The fourth-order valence-corrected chi connectivity index (χ4v) is 3.68. The van der Waals surface area contributed by atoms with E-state index in [0.717, 1.165) is 36.2 Å². The Morgan fingerprint density at radius 2 is 1.83 bits per heavy atom. The van der Waals surface area contributed by atoms with E-state index in [2.05, 4.69) is 10.1 Å². The lowest BCUT2D eigenvalue weighted by Gasteiger charge is -2.27. The van der Waals surface area contributed by atoms with Gasteiger partial charge in [-0.3, -0.25) is 9.69 Å². The zero-order valence-corrected chi connectivity index (χ0v) is 16.2. The average molecular weight is 402 g/mol. The maximum atomic E-state index is 12.8. The number of anilines is 1. The number of rotatable bonds is 3. The molecule has 0 saturated carbocycles. The Balaban J connectivity index is 1.72. The zero-order chi connectivity index (χ0) is 20.8. The van der Waals surface area contributed by atoms with Gasteiger partial charge in [0.1, 0.15) is 5.82 Å². The molecule has 152 valence electrons. The molecule has 4 rings (SSSR count). The predicted molar refractivity (Wildman–Crippen MR) is 103 cm³/mol. The van der Waals surface area contributed by atoms with Crippen LogP contribution >= 0.6 is 0 Å². The van der Waals surface area contributed by atoms with Gasteiger partial charge >= 0.3 is 6.18 Å². The van der Waals surface area contributed by atoms with Gasteiger partial charge in [0.05, 0.1) is 11.3 Å². The smallest absolute Gasteiger partial charge is 0.297 e. The molecule has 1 atom stereocenters. The molecule has 5 nitrogen and oxygen atoms in total. The number of carbonyl (C=O) groups excluding carboxylic acids is 1. The normalized spacial score (nSPS) is 16.4. The Morgan fingerprint density at radius 1 is 1.10 bits per heavy atom. The predicted octanol–water partition coefficient (Wildman–Crippen LogP) is 4.73. The van der Waals surface area contributed by atoms with Crippen LogP contribution in [0.15, 0.2) is 36.4 Å². The molecule has 3 heterocycles. The summed E-state index contributed by atoms with van der Waals surface area (Å²) in [5.74, 6) is 0.531. The number of nitrogens with zero attached hydrogens (tertiary/aromatic N) is 4. The molecule has 29 heavy (non-hydrogen) atoms. The summed E-state index contributed by atoms with van der Waals surface area (Å²) in [5.41, 5.74) is 2.14.